The summed E-state index contributed by atoms with van der Waals surface area (Å²) in [5.74, 6) is 2.45. The Hall–Kier alpha value is -2.50. The zero-order valence-corrected chi connectivity index (χ0v) is 17.5. The maximum Gasteiger partial charge on any atom is 0.225 e. The Balaban J connectivity index is 1.58. The third-order valence-corrected chi connectivity index (χ3v) is 6.22. The third kappa shape index (κ3) is 4.57. The van der Waals surface area contributed by atoms with E-state index in [1.807, 2.05) is 31.1 Å². The summed E-state index contributed by atoms with van der Waals surface area (Å²) in [7, 11) is 4.00. The molecule has 154 valence electrons. The molecule has 6 nitrogen and oxygen atoms in total. The summed E-state index contributed by atoms with van der Waals surface area (Å²) in [6.45, 7) is 1.65. The summed E-state index contributed by atoms with van der Waals surface area (Å²) < 4.78 is 0. The highest BCUT2D eigenvalue weighted by Crippen LogP contribution is 2.32. The number of piperidine rings is 1. The number of carbonyl (C=O) groups excluding carboxylic acids is 1. The van der Waals surface area contributed by atoms with E-state index < -0.39 is 0 Å². The van der Waals surface area contributed by atoms with Crippen LogP contribution in [0.1, 0.15) is 56.6 Å². The highest BCUT2D eigenvalue weighted by molar-refractivity contribution is 5.79. The SMILES string of the molecule is CN(C)c1cc(C2CCCN(C(=O)C3CCCCC3)C2)nc(-c2cccnc2)n1. The molecule has 2 aromatic rings. The van der Waals surface area contributed by atoms with Crippen molar-refractivity contribution in [3.05, 3.63) is 36.3 Å². The molecule has 2 fully saturated rings. The second-order valence-corrected chi connectivity index (χ2v) is 8.57. The molecule has 0 N–H and O–H groups in total. The highest BCUT2D eigenvalue weighted by atomic mass is 16.2. The van der Waals surface area contributed by atoms with Crippen molar-refractivity contribution in [2.24, 2.45) is 5.92 Å². The zero-order valence-electron chi connectivity index (χ0n) is 17.5. The molecule has 1 saturated heterocycles. The van der Waals surface area contributed by atoms with Crippen LogP contribution in [0, 0.1) is 5.92 Å². The molecule has 3 heterocycles. The Morgan fingerprint density at radius 2 is 1.93 bits per heavy atom. The molecule has 0 spiro atoms. The van der Waals surface area contributed by atoms with E-state index in [4.69, 9.17) is 9.97 Å². The summed E-state index contributed by atoms with van der Waals surface area (Å²) >= 11 is 0. The van der Waals surface area contributed by atoms with Gasteiger partial charge in [-0.05, 0) is 37.8 Å². The van der Waals surface area contributed by atoms with Gasteiger partial charge in [0.25, 0.3) is 0 Å². The van der Waals surface area contributed by atoms with Gasteiger partial charge in [-0.3, -0.25) is 9.78 Å². The largest absolute Gasteiger partial charge is 0.363 e. The average Bonchev–Trinajstić information content (AvgIpc) is 2.79. The van der Waals surface area contributed by atoms with Crippen molar-refractivity contribution in [1.29, 1.82) is 0 Å². The Labute approximate surface area is 173 Å². The topological polar surface area (TPSA) is 62.2 Å². The first-order valence-corrected chi connectivity index (χ1v) is 10.9. The standard InChI is InChI=1S/C23H31N5O/c1-27(2)21-14-20(25-22(26-21)18-10-6-12-24-15-18)19-11-7-13-28(16-19)23(29)17-8-4-3-5-9-17/h6,10,12,14-15,17,19H,3-5,7-9,11,13,16H2,1-2H3. The van der Waals surface area contributed by atoms with Crippen LogP contribution in [0.3, 0.4) is 0 Å². The number of rotatable bonds is 4. The van der Waals surface area contributed by atoms with Gasteiger partial charge >= 0.3 is 0 Å². The smallest absolute Gasteiger partial charge is 0.225 e. The summed E-state index contributed by atoms with van der Waals surface area (Å²) in [6, 6.07) is 5.98. The van der Waals surface area contributed by atoms with Gasteiger partial charge in [-0.1, -0.05) is 19.3 Å². The van der Waals surface area contributed by atoms with Gasteiger partial charge in [-0.2, -0.15) is 0 Å². The van der Waals surface area contributed by atoms with Crippen LogP contribution in [0.2, 0.25) is 0 Å². The van der Waals surface area contributed by atoms with Crippen molar-refractivity contribution < 1.29 is 4.79 Å². The van der Waals surface area contributed by atoms with E-state index in [9.17, 15) is 4.79 Å². The molecule has 1 aliphatic heterocycles. The van der Waals surface area contributed by atoms with E-state index in [-0.39, 0.29) is 11.8 Å². The Morgan fingerprint density at radius 3 is 2.66 bits per heavy atom. The van der Waals surface area contributed by atoms with Crippen LogP contribution in [0.25, 0.3) is 11.4 Å². The molecule has 6 heteroatoms. The van der Waals surface area contributed by atoms with Crippen molar-refractivity contribution in [3.63, 3.8) is 0 Å². The fourth-order valence-electron chi connectivity index (χ4n) is 4.54. The number of hydrogen-bond acceptors (Lipinski definition) is 5. The number of likely N-dealkylation sites (tertiary alicyclic amines) is 1. The predicted molar refractivity (Wildman–Crippen MR) is 115 cm³/mol. The van der Waals surface area contributed by atoms with Crippen molar-refractivity contribution in [1.82, 2.24) is 19.9 Å². The highest BCUT2D eigenvalue weighted by Gasteiger charge is 2.31. The maximum absolute atomic E-state index is 13.1. The molecule has 1 amide bonds. The molecule has 2 aromatic heterocycles. The molecule has 1 aliphatic carbocycles. The van der Waals surface area contributed by atoms with Gasteiger partial charge in [0.2, 0.25) is 5.91 Å². The molecular formula is C23H31N5O. The zero-order chi connectivity index (χ0) is 20.2. The first-order valence-electron chi connectivity index (χ1n) is 10.9. The normalized spacial score (nSPS) is 20.5. The second kappa shape index (κ2) is 8.89. The quantitative estimate of drug-likeness (QED) is 0.789. The third-order valence-electron chi connectivity index (χ3n) is 6.22. The Morgan fingerprint density at radius 1 is 1.10 bits per heavy atom. The van der Waals surface area contributed by atoms with Crippen molar-refractivity contribution in [3.8, 4) is 11.4 Å². The van der Waals surface area contributed by atoms with Gasteiger partial charge in [0, 0.05) is 63.0 Å². The van der Waals surface area contributed by atoms with E-state index in [0.717, 1.165) is 55.8 Å². The van der Waals surface area contributed by atoms with Gasteiger partial charge in [-0.25, -0.2) is 9.97 Å². The molecule has 0 bridgehead atoms. The Kier molecular flexibility index (Phi) is 6.07. The van der Waals surface area contributed by atoms with E-state index in [1.54, 1.807) is 12.4 Å². The molecule has 1 saturated carbocycles. The molecule has 0 radical (unpaired) electrons. The number of nitrogens with zero attached hydrogens (tertiary/aromatic N) is 5. The van der Waals surface area contributed by atoms with E-state index >= 15 is 0 Å². The lowest BCUT2D eigenvalue weighted by molar-refractivity contribution is -0.137. The van der Waals surface area contributed by atoms with Crippen molar-refractivity contribution in [2.75, 3.05) is 32.1 Å². The first kappa shape index (κ1) is 19.8. The number of pyridine rings is 1. The van der Waals surface area contributed by atoms with Gasteiger partial charge in [0.05, 0.1) is 5.69 Å². The van der Waals surface area contributed by atoms with Crippen molar-refractivity contribution >= 4 is 11.7 Å². The average molecular weight is 394 g/mol. The van der Waals surface area contributed by atoms with Gasteiger partial charge in [0.15, 0.2) is 5.82 Å². The van der Waals surface area contributed by atoms with E-state index in [0.29, 0.717) is 11.7 Å². The van der Waals surface area contributed by atoms with Crippen LogP contribution < -0.4 is 4.90 Å². The molecular weight excluding hydrogens is 362 g/mol. The molecule has 1 atom stereocenters. The summed E-state index contributed by atoms with van der Waals surface area (Å²) in [5.41, 5.74) is 1.95. The summed E-state index contributed by atoms with van der Waals surface area (Å²) in [4.78, 5) is 31.0. The number of amides is 1. The second-order valence-electron chi connectivity index (χ2n) is 8.57. The van der Waals surface area contributed by atoms with Crippen LogP contribution in [0.5, 0.6) is 0 Å². The van der Waals surface area contributed by atoms with Gasteiger partial charge in [0.1, 0.15) is 5.82 Å². The molecule has 29 heavy (non-hydrogen) atoms. The predicted octanol–water partition coefficient (Wildman–Crippen LogP) is 3.89. The van der Waals surface area contributed by atoms with Crippen LogP contribution >= 0.6 is 0 Å². The summed E-state index contributed by atoms with van der Waals surface area (Å²) in [5, 5.41) is 0. The lowest BCUT2D eigenvalue weighted by Gasteiger charge is -2.36. The fourth-order valence-corrected chi connectivity index (χ4v) is 4.54. The first-order chi connectivity index (χ1) is 14.1. The van der Waals surface area contributed by atoms with Crippen LogP contribution in [0.15, 0.2) is 30.6 Å². The van der Waals surface area contributed by atoms with Gasteiger partial charge in [-0.15, -0.1) is 0 Å². The fraction of sp³-hybridized carbons (Fsp3) is 0.565. The molecule has 0 aromatic carbocycles. The van der Waals surface area contributed by atoms with E-state index in [2.05, 4.69) is 16.0 Å². The minimum atomic E-state index is 0.233. The number of carbonyl (C=O) groups is 1. The molecule has 4 rings (SSSR count). The van der Waals surface area contributed by atoms with Crippen LogP contribution in [-0.4, -0.2) is 52.9 Å². The Bertz CT molecular complexity index is 832. The van der Waals surface area contributed by atoms with Crippen molar-refractivity contribution in [2.45, 2.75) is 50.9 Å². The number of aromatic nitrogens is 3. The van der Waals surface area contributed by atoms with Gasteiger partial charge < -0.3 is 9.80 Å². The monoisotopic (exact) mass is 393 g/mol. The lowest BCUT2D eigenvalue weighted by Crippen LogP contribution is -2.43. The molecule has 1 unspecified atom stereocenters. The number of anilines is 1. The minimum Gasteiger partial charge on any atom is -0.363 e. The number of hydrogen-bond donors (Lipinski definition) is 0. The molecule has 2 aliphatic rings. The minimum absolute atomic E-state index is 0.233. The summed E-state index contributed by atoms with van der Waals surface area (Å²) in [6.07, 6.45) is 11.4. The maximum atomic E-state index is 13.1. The van der Waals surface area contributed by atoms with E-state index in [1.165, 1.54) is 19.3 Å². The lowest BCUT2D eigenvalue weighted by atomic mass is 9.86. The van der Waals surface area contributed by atoms with Crippen LogP contribution in [-0.2, 0) is 4.79 Å². The van der Waals surface area contributed by atoms with Crippen LogP contribution in [0.4, 0.5) is 5.82 Å².